The van der Waals surface area contributed by atoms with E-state index >= 15 is 0 Å². The highest BCUT2D eigenvalue weighted by atomic mass is 16.5. The number of aliphatic imine (C=N–C) groups is 1. The van der Waals surface area contributed by atoms with Gasteiger partial charge in [0.1, 0.15) is 0 Å². The normalized spacial score (nSPS) is 23.4. The van der Waals surface area contributed by atoms with Crippen LogP contribution in [0.4, 0.5) is 0 Å². The summed E-state index contributed by atoms with van der Waals surface area (Å²) in [6.07, 6.45) is 4.81. The SMILES string of the molecule is CN=C(NCCCOCC1CCOC1)NCC(C(C)C)N1CCCC1. The second-order valence-electron chi connectivity index (χ2n) is 7.59. The first-order chi connectivity index (χ1) is 12.2. The van der Waals surface area contributed by atoms with Crippen molar-refractivity contribution in [2.24, 2.45) is 16.8 Å². The van der Waals surface area contributed by atoms with Gasteiger partial charge in [0.25, 0.3) is 0 Å². The molecule has 2 atom stereocenters. The highest BCUT2D eigenvalue weighted by Crippen LogP contribution is 2.17. The maximum Gasteiger partial charge on any atom is 0.191 e. The van der Waals surface area contributed by atoms with Crippen molar-refractivity contribution in [3.05, 3.63) is 0 Å². The lowest BCUT2D eigenvalue weighted by atomic mass is 10.0. The smallest absolute Gasteiger partial charge is 0.191 e. The Morgan fingerprint density at radius 3 is 2.72 bits per heavy atom. The van der Waals surface area contributed by atoms with Gasteiger partial charge in [-0.05, 0) is 44.7 Å². The highest BCUT2D eigenvalue weighted by molar-refractivity contribution is 5.79. The molecule has 2 aliphatic rings. The molecule has 2 saturated heterocycles. The lowest BCUT2D eigenvalue weighted by Crippen LogP contribution is -2.48. The minimum absolute atomic E-state index is 0.581. The van der Waals surface area contributed by atoms with Crippen molar-refractivity contribution in [2.75, 3.05) is 59.7 Å². The fourth-order valence-electron chi connectivity index (χ4n) is 3.63. The molecule has 0 aromatic rings. The van der Waals surface area contributed by atoms with Crippen molar-refractivity contribution in [1.29, 1.82) is 0 Å². The molecule has 2 aliphatic heterocycles. The van der Waals surface area contributed by atoms with Crippen molar-refractivity contribution in [2.45, 2.75) is 45.6 Å². The predicted molar refractivity (Wildman–Crippen MR) is 103 cm³/mol. The van der Waals surface area contributed by atoms with Crippen LogP contribution in [0.15, 0.2) is 4.99 Å². The van der Waals surface area contributed by atoms with E-state index in [4.69, 9.17) is 9.47 Å². The Hall–Kier alpha value is -0.850. The minimum Gasteiger partial charge on any atom is -0.381 e. The summed E-state index contributed by atoms with van der Waals surface area (Å²) in [7, 11) is 1.84. The molecule has 0 spiro atoms. The topological polar surface area (TPSA) is 58.1 Å². The Labute approximate surface area is 153 Å². The summed E-state index contributed by atoms with van der Waals surface area (Å²) < 4.78 is 11.1. The van der Waals surface area contributed by atoms with E-state index in [1.54, 1.807) is 0 Å². The third-order valence-electron chi connectivity index (χ3n) is 5.22. The van der Waals surface area contributed by atoms with Gasteiger partial charge < -0.3 is 20.1 Å². The molecule has 2 rings (SSSR count). The summed E-state index contributed by atoms with van der Waals surface area (Å²) in [6.45, 7) is 12.3. The van der Waals surface area contributed by atoms with E-state index < -0.39 is 0 Å². The van der Waals surface area contributed by atoms with Crippen LogP contribution in [-0.2, 0) is 9.47 Å². The van der Waals surface area contributed by atoms with Gasteiger partial charge >= 0.3 is 0 Å². The number of nitrogens with zero attached hydrogens (tertiary/aromatic N) is 2. The van der Waals surface area contributed by atoms with Gasteiger partial charge in [-0.25, -0.2) is 0 Å². The van der Waals surface area contributed by atoms with Crippen molar-refractivity contribution < 1.29 is 9.47 Å². The van der Waals surface area contributed by atoms with Gasteiger partial charge in [0.15, 0.2) is 5.96 Å². The van der Waals surface area contributed by atoms with Crippen LogP contribution in [0.25, 0.3) is 0 Å². The molecule has 146 valence electrons. The zero-order valence-electron chi connectivity index (χ0n) is 16.4. The predicted octanol–water partition coefficient (Wildman–Crippen LogP) is 1.72. The summed E-state index contributed by atoms with van der Waals surface area (Å²) in [5, 5.41) is 6.90. The lowest BCUT2D eigenvalue weighted by molar-refractivity contribution is 0.0888. The molecule has 0 radical (unpaired) electrons. The standard InChI is InChI=1S/C19H38N4O2/c1-16(2)18(23-9-4-5-10-23)13-22-19(20-3)21-8-6-11-24-14-17-7-12-25-15-17/h16-18H,4-15H2,1-3H3,(H2,20,21,22). The number of nitrogens with one attached hydrogen (secondary N) is 2. The van der Waals surface area contributed by atoms with Gasteiger partial charge in [0, 0.05) is 45.3 Å². The molecule has 2 unspecified atom stereocenters. The molecule has 0 bridgehead atoms. The van der Waals surface area contributed by atoms with Crippen molar-refractivity contribution >= 4 is 5.96 Å². The average Bonchev–Trinajstić information content (AvgIpc) is 3.29. The van der Waals surface area contributed by atoms with E-state index in [0.29, 0.717) is 17.9 Å². The summed E-state index contributed by atoms with van der Waals surface area (Å²) in [5.41, 5.74) is 0. The number of rotatable bonds is 10. The number of ether oxygens (including phenoxy) is 2. The second-order valence-corrected chi connectivity index (χ2v) is 7.59. The Morgan fingerprint density at radius 1 is 1.28 bits per heavy atom. The fraction of sp³-hybridized carbons (Fsp3) is 0.947. The van der Waals surface area contributed by atoms with Gasteiger partial charge in [-0.15, -0.1) is 0 Å². The molecule has 2 fully saturated rings. The first-order valence-electron chi connectivity index (χ1n) is 10.0. The third kappa shape index (κ3) is 7.50. The van der Waals surface area contributed by atoms with Crippen LogP contribution in [0.1, 0.15) is 39.5 Å². The largest absolute Gasteiger partial charge is 0.381 e. The van der Waals surface area contributed by atoms with Crippen LogP contribution >= 0.6 is 0 Å². The molecular weight excluding hydrogens is 316 g/mol. The van der Waals surface area contributed by atoms with Gasteiger partial charge in [0.05, 0.1) is 13.2 Å². The average molecular weight is 355 g/mol. The Balaban J connectivity index is 1.56. The van der Waals surface area contributed by atoms with Gasteiger partial charge in [-0.2, -0.15) is 0 Å². The number of hydrogen-bond acceptors (Lipinski definition) is 4. The molecule has 2 N–H and O–H groups in total. The molecule has 6 nitrogen and oxygen atoms in total. The van der Waals surface area contributed by atoms with Crippen LogP contribution in [0.2, 0.25) is 0 Å². The van der Waals surface area contributed by atoms with E-state index in [1.807, 2.05) is 7.05 Å². The first-order valence-corrected chi connectivity index (χ1v) is 10.0. The van der Waals surface area contributed by atoms with E-state index in [2.05, 4.69) is 34.4 Å². The van der Waals surface area contributed by atoms with E-state index in [-0.39, 0.29) is 0 Å². The Bertz CT molecular complexity index is 378. The molecule has 0 aromatic carbocycles. The quantitative estimate of drug-likeness (QED) is 0.355. The molecule has 0 amide bonds. The lowest BCUT2D eigenvalue weighted by Gasteiger charge is -2.31. The summed E-state index contributed by atoms with van der Waals surface area (Å²) in [4.78, 5) is 6.96. The number of guanidine groups is 1. The van der Waals surface area contributed by atoms with Crippen LogP contribution in [0, 0.1) is 11.8 Å². The Kier molecular flexibility index (Phi) is 9.58. The van der Waals surface area contributed by atoms with Crippen molar-refractivity contribution in [3.63, 3.8) is 0 Å². The van der Waals surface area contributed by atoms with Crippen molar-refractivity contribution in [1.82, 2.24) is 15.5 Å². The molecular formula is C19H38N4O2. The number of likely N-dealkylation sites (tertiary alicyclic amines) is 1. The number of hydrogen-bond donors (Lipinski definition) is 2. The summed E-state index contributed by atoms with van der Waals surface area (Å²) in [6, 6.07) is 0.581. The maximum absolute atomic E-state index is 5.74. The molecule has 25 heavy (non-hydrogen) atoms. The zero-order chi connectivity index (χ0) is 17.9. The van der Waals surface area contributed by atoms with E-state index in [9.17, 15) is 0 Å². The van der Waals surface area contributed by atoms with Crippen LogP contribution < -0.4 is 10.6 Å². The van der Waals surface area contributed by atoms with E-state index in [0.717, 1.165) is 58.3 Å². The first kappa shape index (κ1) is 20.5. The maximum atomic E-state index is 5.74. The molecule has 0 aromatic heterocycles. The Morgan fingerprint density at radius 2 is 2.08 bits per heavy atom. The van der Waals surface area contributed by atoms with Crippen LogP contribution in [-0.4, -0.2) is 76.6 Å². The zero-order valence-corrected chi connectivity index (χ0v) is 16.4. The second kappa shape index (κ2) is 11.7. The third-order valence-corrected chi connectivity index (χ3v) is 5.22. The van der Waals surface area contributed by atoms with Gasteiger partial charge in [0.2, 0.25) is 0 Å². The van der Waals surface area contributed by atoms with Crippen molar-refractivity contribution in [3.8, 4) is 0 Å². The molecule has 0 aliphatic carbocycles. The van der Waals surface area contributed by atoms with Crippen LogP contribution in [0.5, 0.6) is 0 Å². The molecule has 0 saturated carbocycles. The summed E-state index contributed by atoms with van der Waals surface area (Å²) >= 11 is 0. The summed E-state index contributed by atoms with van der Waals surface area (Å²) in [5.74, 6) is 2.15. The minimum atomic E-state index is 0.581. The van der Waals surface area contributed by atoms with E-state index in [1.165, 1.54) is 25.9 Å². The monoisotopic (exact) mass is 354 g/mol. The molecule has 2 heterocycles. The fourth-order valence-corrected chi connectivity index (χ4v) is 3.63. The van der Waals surface area contributed by atoms with Gasteiger partial charge in [-0.3, -0.25) is 9.89 Å². The van der Waals surface area contributed by atoms with Crippen LogP contribution in [0.3, 0.4) is 0 Å². The highest BCUT2D eigenvalue weighted by Gasteiger charge is 2.24. The molecule has 6 heteroatoms. The van der Waals surface area contributed by atoms with Gasteiger partial charge in [-0.1, -0.05) is 13.8 Å².